The van der Waals surface area contributed by atoms with Crippen LogP contribution < -0.4 is 5.76 Å². The van der Waals surface area contributed by atoms with Crippen molar-refractivity contribution < 1.29 is 13.2 Å². The summed E-state index contributed by atoms with van der Waals surface area (Å²) in [6.45, 7) is 2.06. The maximum atomic E-state index is 13.4. The van der Waals surface area contributed by atoms with Crippen LogP contribution in [0.5, 0.6) is 0 Å². The van der Waals surface area contributed by atoms with Gasteiger partial charge in [-0.15, -0.1) is 0 Å². The van der Waals surface area contributed by atoms with Crippen LogP contribution in [0.2, 0.25) is 0 Å². The summed E-state index contributed by atoms with van der Waals surface area (Å²) in [4.78, 5) is 14.4. The normalized spacial score (nSPS) is 18.7. The highest BCUT2D eigenvalue weighted by Crippen LogP contribution is 2.26. The van der Waals surface area contributed by atoms with Crippen LogP contribution in [0.3, 0.4) is 0 Å². The minimum Gasteiger partial charge on any atom is -0.408 e. The van der Waals surface area contributed by atoms with Gasteiger partial charge in [-0.1, -0.05) is 18.2 Å². The lowest BCUT2D eigenvalue weighted by molar-refractivity contribution is 0.167. The third-order valence-electron chi connectivity index (χ3n) is 4.75. The van der Waals surface area contributed by atoms with Gasteiger partial charge in [0.15, 0.2) is 17.2 Å². The molecule has 0 aliphatic carbocycles. The monoisotopic (exact) mass is 344 g/mol. The fourth-order valence-electron chi connectivity index (χ4n) is 3.61. The predicted octanol–water partition coefficient (Wildman–Crippen LogP) is 3.71. The molecule has 4 nitrogen and oxygen atoms in total. The van der Waals surface area contributed by atoms with Crippen molar-refractivity contribution in [1.82, 2.24) is 9.47 Å². The minimum absolute atomic E-state index is 0.00944. The molecule has 0 N–H and O–H groups in total. The molecular formula is C19H18F2N2O2. The number of para-hydroxylation sites is 2. The third-order valence-corrected chi connectivity index (χ3v) is 4.75. The molecule has 1 fully saturated rings. The molecule has 1 saturated heterocycles. The zero-order valence-corrected chi connectivity index (χ0v) is 13.6. The van der Waals surface area contributed by atoms with E-state index in [1.807, 2.05) is 18.2 Å². The molecule has 3 aromatic rings. The Morgan fingerprint density at radius 3 is 2.80 bits per heavy atom. The lowest BCUT2D eigenvalue weighted by atomic mass is 10.0. The molecule has 4 rings (SSSR count). The Morgan fingerprint density at radius 2 is 1.96 bits per heavy atom. The van der Waals surface area contributed by atoms with Crippen LogP contribution in [0, 0.1) is 11.6 Å². The van der Waals surface area contributed by atoms with E-state index >= 15 is 0 Å². The Balaban J connectivity index is 1.57. The fourth-order valence-corrected chi connectivity index (χ4v) is 3.61. The van der Waals surface area contributed by atoms with Gasteiger partial charge >= 0.3 is 5.76 Å². The largest absolute Gasteiger partial charge is 0.420 e. The first-order valence-corrected chi connectivity index (χ1v) is 8.38. The quantitative estimate of drug-likeness (QED) is 0.727. The van der Waals surface area contributed by atoms with E-state index in [9.17, 15) is 13.6 Å². The van der Waals surface area contributed by atoms with Gasteiger partial charge in [0.05, 0.1) is 11.6 Å². The van der Waals surface area contributed by atoms with E-state index in [1.165, 1.54) is 6.07 Å². The van der Waals surface area contributed by atoms with Crippen LogP contribution in [0.4, 0.5) is 8.78 Å². The summed E-state index contributed by atoms with van der Waals surface area (Å²) >= 11 is 0. The summed E-state index contributed by atoms with van der Waals surface area (Å²) in [6, 6.07) is 11.4. The molecule has 1 aliphatic rings. The predicted molar refractivity (Wildman–Crippen MR) is 90.4 cm³/mol. The van der Waals surface area contributed by atoms with E-state index in [2.05, 4.69) is 4.90 Å². The number of hydrogen-bond acceptors (Lipinski definition) is 3. The lowest BCUT2D eigenvalue weighted by Crippen LogP contribution is -2.38. The number of benzene rings is 2. The molecular weight excluding hydrogens is 326 g/mol. The van der Waals surface area contributed by atoms with Crippen LogP contribution in [-0.2, 0) is 6.54 Å². The summed E-state index contributed by atoms with van der Waals surface area (Å²) in [7, 11) is 0. The molecule has 2 aromatic carbocycles. The van der Waals surface area contributed by atoms with E-state index in [1.54, 1.807) is 16.7 Å². The Hall–Kier alpha value is -2.47. The molecule has 130 valence electrons. The molecule has 0 saturated carbocycles. The molecule has 1 atom stereocenters. The van der Waals surface area contributed by atoms with Crippen molar-refractivity contribution in [3.05, 3.63) is 70.2 Å². The van der Waals surface area contributed by atoms with E-state index in [-0.39, 0.29) is 11.8 Å². The van der Waals surface area contributed by atoms with Gasteiger partial charge in [-0.25, -0.2) is 13.6 Å². The van der Waals surface area contributed by atoms with Gasteiger partial charge in [0.2, 0.25) is 0 Å². The van der Waals surface area contributed by atoms with Crippen molar-refractivity contribution in [2.75, 3.05) is 13.1 Å². The zero-order chi connectivity index (χ0) is 17.4. The highest BCUT2D eigenvalue weighted by atomic mass is 19.2. The second kappa shape index (κ2) is 6.44. The molecule has 1 aromatic heterocycles. The Morgan fingerprint density at radius 1 is 1.12 bits per heavy atom. The fraction of sp³-hybridized carbons (Fsp3) is 0.316. The standard InChI is InChI=1S/C19H18F2N2O2/c20-15-8-7-13(10-16(15)21)11-22-9-3-4-14(12-22)23-17-5-1-2-6-18(17)25-19(23)24/h1-2,5-8,10,14H,3-4,9,11-12H2/t14-/m0/s1. The number of rotatable bonds is 3. The van der Waals surface area contributed by atoms with Crippen LogP contribution in [-0.4, -0.2) is 22.6 Å². The number of nitrogens with zero attached hydrogens (tertiary/aromatic N) is 2. The second-order valence-corrected chi connectivity index (χ2v) is 6.49. The number of fused-ring (bicyclic) bond motifs is 1. The summed E-state index contributed by atoms with van der Waals surface area (Å²) in [5.41, 5.74) is 2.11. The zero-order valence-electron chi connectivity index (χ0n) is 13.6. The van der Waals surface area contributed by atoms with E-state index in [0.717, 1.165) is 36.5 Å². The van der Waals surface area contributed by atoms with E-state index in [0.29, 0.717) is 18.7 Å². The van der Waals surface area contributed by atoms with Crippen molar-refractivity contribution in [1.29, 1.82) is 0 Å². The highest BCUT2D eigenvalue weighted by Gasteiger charge is 2.25. The van der Waals surface area contributed by atoms with Crippen molar-refractivity contribution in [2.24, 2.45) is 0 Å². The SMILES string of the molecule is O=c1oc2ccccc2n1[C@H]1CCCN(Cc2ccc(F)c(F)c2)C1. The van der Waals surface area contributed by atoms with E-state index in [4.69, 9.17) is 4.42 Å². The van der Waals surface area contributed by atoms with E-state index < -0.39 is 11.6 Å². The van der Waals surface area contributed by atoms with Crippen molar-refractivity contribution in [3.8, 4) is 0 Å². The number of oxazole rings is 1. The maximum absolute atomic E-state index is 13.4. The van der Waals surface area contributed by atoms with Crippen molar-refractivity contribution in [3.63, 3.8) is 0 Å². The molecule has 25 heavy (non-hydrogen) atoms. The molecule has 2 heterocycles. The first kappa shape index (κ1) is 16.0. The van der Waals surface area contributed by atoms with Crippen LogP contribution in [0.1, 0.15) is 24.4 Å². The molecule has 1 aliphatic heterocycles. The number of piperidine rings is 1. The number of hydrogen-bond donors (Lipinski definition) is 0. The van der Waals surface area contributed by atoms with Crippen molar-refractivity contribution in [2.45, 2.75) is 25.4 Å². The highest BCUT2D eigenvalue weighted by molar-refractivity contribution is 5.72. The number of likely N-dealkylation sites (tertiary alicyclic amines) is 1. The molecule has 0 unspecified atom stereocenters. The lowest BCUT2D eigenvalue weighted by Gasteiger charge is -2.33. The Kier molecular flexibility index (Phi) is 4.13. The Bertz CT molecular complexity index is 963. The first-order chi connectivity index (χ1) is 12.1. The first-order valence-electron chi connectivity index (χ1n) is 8.38. The molecule has 0 radical (unpaired) electrons. The summed E-state index contributed by atoms with van der Waals surface area (Å²) in [5.74, 6) is -2.01. The maximum Gasteiger partial charge on any atom is 0.420 e. The van der Waals surface area contributed by atoms with Crippen LogP contribution in [0.25, 0.3) is 11.1 Å². The summed E-state index contributed by atoms with van der Waals surface area (Å²) in [5, 5.41) is 0. The van der Waals surface area contributed by atoms with Gasteiger partial charge in [0.25, 0.3) is 0 Å². The van der Waals surface area contributed by atoms with Gasteiger partial charge in [0.1, 0.15) is 0 Å². The van der Waals surface area contributed by atoms with Crippen molar-refractivity contribution >= 4 is 11.1 Å². The number of aromatic nitrogens is 1. The van der Waals surface area contributed by atoms with Gasteiger partial charge in [0, 0.05) is 13.1 Å². The van der Waals surface area contributed by atoms with Gasteiger partial charge < -0.3 is 4.42 Å². The van der Waals surface area contributed by atoms with Gasteiger partial charge in [-0.3, -0.25) is 9.47 Å². The molecule has 6 heteroatoms. The van der Waals surface area contributed by atoms with Gasteiger partial charge in [-0.05, 0) is 49.2 Å². The average molecular weight is 344 g/mol. The minimum atomic E-state index is -0.836. The topological polar surface area (TPSA) is 38.4 Å². The molecule has 0 bridgehead atoms. The summed E-state index contributed by atoms with van der Waals surface area (Å²) in [6.07, 6.45) is 1.82. The smallest absolute Gasteiger partial charge is 0.408 e. The average Bonchev–Trinajstić information content (AvgIpc) is 2.94. The second-order valence-electron chi connectivity index (χ2n) is 6.49. The van der Waals surface area contributed by atoms with Crippen LogP contribution in [0.15, 0.2) is 51.7 Å². The molecule has 0 amide bonds. The third kappa shape index (κ3) is 3.09. The summed E-state index contributed by atoms with van der Waals surface area (Å²) < 4.78 is 33.5. The van der Waals surface area contributed by atoms with Gasteiger partial charge in [-0.2, -0.15) is 0 Å². The molecule has 0 spiro atoms. The Labute approximate surface area is 143 Å². The number of halogens is 2. The van der Waals surface area contributed by atoms with Crippen LogP contribution >= 0.6 is 0 Å².